The van der Waals surface area contributed by atoms with Crippen molar-refractivity contribution in [3.05, 3.63) is 24.3 Å². The predicted molar refractivity (Wildman–Crippen MR) is 76.9 cm³/mol. The minimum atomic E-state index is -0.517. The third-order valence-electron chi connectivity index (χ3n) is 4.10. The molecule has 1 aromatic rings. The molecule has 0 saturated carbocycles. The van der Waals surface area contributed by atoms with Crippen LogP contribution in [0.25, 0.3) is 0 Å². The average molecular weight is 276 g/mol. The van der Waals surface area contributed by atoms with Crippen molar-refractivity contribution >= 4 is 17.6 Å². The van der Waals surface area contributed by atoms with Crippen LogP contribution in [0, 0.1) is 5.41 Å². The smallest absolute Gasteiger partial charge is 0.328 e. The summed E-state index contributed by atoms with van der Waals surface area (Å²) in [6.07, 6.45) is 1.40. The van der Waals surface area contributed by atoms with Crippen LogP contribution in [0.2, 0.25) is 0 Å². The molecule has 0 unspecified atom stereocenters. The third kappa shape index (κ3) is 2.24. The van der Waals surface area contributed by atoms with Crippen molar-refractivity contribution in [3.8, 4) is 5.75 Å². The van der Waals surface area contributed by atoms with Crippen molar-refractivity contribution in [1.82, 2.24) is 5.32 Å². The fourth-order valence-corrected chi connectivity index (χ4v) is 2.52. The zero-order valence-electron chi connectivity index (χ0n) is 12.1. The maximum Gasteiger partial charge on any atom is 0.328 e. The predicted octanol–water partition coefficient (Wildman–Crippen LogP) is 2.56. The summed E-state index contributed by atoms with van der Waals surface area (Å²) in [5.74, 6) is 0.478. The van der Waals surface area contributed by atoms with Gasteiger partial charge in [-0.1, -0.05) is 19.9 Å². The van der Waals surface area contributed by atoms with Crippen LogP contribution in [-0.2, 0) is 4.79 Å². The number of carbonyl (C=O) groups excluding carboxylic acids is 2. The number of methoxy groups -OCH3 is 1. The Morgan fingerprint density at radius 1 is 1.30 bits per heavy atom. The molecular weight excluding hydrogens is 256 g/mol. The summed E-state index contributed by atoms with van der Waals surface area (Å²) in [6, 6.07) is 6.60. The monoisotopic (exact) mass is 276 g/mol. The lowest BCUT2D eigenvalue weighted by Gasteiger charge is -2.39. The van der Waals surface area contributed by atoms with Crippen LogP contribution in [0.4, 0.5) is 10.5 Å². The van der Waals surface area contributed by atoms with Gasteiger partial charge in [-0.2, -0.15) is 0 Å². The van der Waals surface area contributed by atoms with Gasteiger partial charge in [0.25, 0.3) is 0 Å². The second-order valence-electron chi connectivity index (χ2n) is 4.99. The first-order valence-electron chi connectivity index (χ1n) is 6.84. The Labute approximate surface area is 118 Å². The van der Waals surface area contributed by atoms with Crippen molar-refractivity contribution in [2.24, 2.45) is 5.41 Å². The number of imide groups is 1. The average Bonchev–Trinajstić information content (AvgIpc) is 2.49. The van der Waals surface area contributed by atoms with E-state index in [1.165, 1.54) is 4.90 Å². The van der Waals surface area contributed by atoms with Gasteiger partial charge >= 0.3 is 6.03 Å². The molecule has 0 bridgehead atoms. The van der Waals surface area contributed by atoms with E-state index in [4.69, 9.17) is 4.74 Å². The Kier molecular flexibility index (Phi) is 3.97. The fraction of sp³-hybridized carbons (Fsp3) is 0.467. The highest BCUT2D eigenvalue weighted by atomic mass is 16.5. The number of hydrogen-bond acceptors (Lipinski definition) is 3. The van der Waals surface area contributed by atoms with E-state index in [0.717, 1.165) is 0 Å². The Morgan fingerprint density at radius 2 is 2.00 bits per heavy atom. The van der Waals surface area contributed by atoms with Crippen LogP contribution in [0.5, 0.6) is 5.75 Å². The molecule has 0 spiro atoms. The lowest BCUT2D eigenvalue weighted by Crippen LogP contribution is -2.60. The lowest BCUT2D eigenvalue weighted by molar-refractivity contribution is -0.128. The maximum absolute atomic E-state index is 12.7. The Bertz CT molecular complexity index is 524. The first-order valence-corrected chi connectivity index (χ1v) is 6.84. The molecule has 1 saturated heterocycles. The van der Waals surface area contributed by atoms with E-state index >= 15 is 0 Å². The first kappa shape index (κ1) is 14.4. The van der Waals surface area contributed by atoms with Crippen LogP contribution in [0.3, 0.4) is 0 Å². The molecule has 1 aliphatic rings. The number of anilines is 1. The molecular formula is C15H20N2O3. The number of benzene rings is 1. The molecule has 0 aliphatic carbocycles. The normalized spacial score (nSPS) is 17.9. The van der Waals surface area contributed by atoms with Gasteiger partial charge in [0.15, 0.2) is 0 Å². The molecule has 1 aromatic carbocycles. The van der Waals surface area contributed by atoms with E-state index in [-0.39, 0.29) is 11.9 Å². The highest BCUT2D eigenvalue weighted by Gasteiger charge is 2.45. The number of carbonyl (C=O) groups is 2. The van der Waals surface area contributed by atoms with Crippen molar-refractivity contribution in [1.29, 1.82) is 0 Å². The van der Waals surface area contributed by atoms with Crippen LogP contribution in [0.15, 0.2) is 24.3 Å². The molecule has 1 fully saturated rings. The molecule has 5 nitrogen and oxygen atoms in total. The molecule has 0 atom stereocenters. The zero-order chi connectivity index (χ0) is 14.8. The van der Waals surface area contributed by atoms with Gasteiger partial charge in [-0.15, -0.1) is 0 Å². The third-order valence-corrected chi connectivity index (χ3v) is 4.10. The molecule has 20 heavy (non-hydrogen) atoms. The summed E-state index contributed by atoms with van der Waals surface area (Å²) < 4.78 is 5.15. The van der Waals surface area contributed by atoms with Gasteiger partial charge in [0.05, 0.1) is 18.2 Å². The Hall–Kier alpha value is -2.04. The van der Waals surface area contributed by atoms with Gasteiger partial charge in [-0.25, -0.2) is 9.69 Å². The first-order chi connectivity index (χ1) is 9.57. The van der Waals surface area contributed by atoms with Gasteiger partial charge in [-0.05, 0) is 25.0 Å². The van der Waals surface area contributed by atoms with E-state index in [1.54, 1.807) is 31.4 Å². The Morgan fingerprint density at radius 3 is 2.60 bits per heavy atom. The van der Waals surface area contributed by atoms with E-state index in [9.17, 15) is 9.59 Å². The molecule has 1 heterocycles. The van der Waals surface area contributed by atoms with Crippen molar-refractivity contribution in [3.63, 3.8) is 0 Å². The van der Waals surface area contributed by atoms with Crippen LogP contribution < -0.4 is 15.0 Å². The number of rotatable bonds is 4. The number of nitrogens with one attached hydrogen (secondary N) is 1. The summed E-state index contributed by atoms with van der Waals surface area (Å²) in [7, 11) is 1.56. The van der Waals surface area contributed by atoms with E-state index in [2.05, 4.69) is 5.32 Å². The summed E-state index contributed by atoms with van der Waals surface area (Å²) in [5, 5.41) is 2.82. The number of nitrogens with zero attached hydrogens (tertiary/aromatic N) is 1. The summed E-state index contributed by atoms with van der Waals surface area (Å²) in [6.45, 7) is 4.35. The number of urea groups is 1. The lowest BCUT2D eigenvalue weighted by atomic mass is 9.79. The standard InChI is InChI=1S/C15H20N2O3/c1-4-15(5-2)10-16-14(19)17(13(15)18)11-7-6-8-12(9-11)20-3/h6-9H,4-5,10H2,1-3H3,(H,16,19). The highest BCUT2D eigenvalue weighted by Crippen LogP contribution is 2.34. The largest absolute Gasteiger partial charge is 0.497 e. The quantitative estimate of drug-likeness (QED) is 0.919. The van der Waals surface area contributed by atoms with Crippen LogP contribution in [-0.4, -0.2) is 25.6 Å². The number of hydrogen-bond donors (Lipinski definition) is 1. The molecule has 3 amide bonds. The molecule has 1 N–H and O–H groups in total. The molecule has 108 valence electrons. The molecule has 5 heteroatoms. The maximum atomic E-state index is 12.7. The SMILES string of the molecule is CCC1(CC)CNC(=O)N(c2cccc(OC)c2)C1=O. The molecule has 0 aromatic heterocycles. The van der Waals surface area contributed by atoms with Gasteiger partial charge in [0.2, 0.25) is 5.91 Å². The second kappa shape index (κ2) is 5.53. The molecule has 1 aliphatic heterocycles. The zero-order valence-corrected chi connectivity index (χ0v) is 12.1. The Balaban J connectivity index is 2.41. The van der Waals surface area contributed by atoms with Gasteiger partial charge in [0.1, 0.15) is 5.75 Å². The van der Waals surface area contributed by atoms with Gasteiger partial charge in [0, 0.05) is 12.6 Å². The molecule has 0 radical (unpaired) electrons. The summed E-state index contributed by atoms with van der Waals surface area (Å²) in [4.78, 5) is 26.0. The van der Waals surface area contributed by atoms with Crippen molar-refractivity contribution in [2.75, 3.05) is 18.6 Å². The topological polar surface area (TPSA) is 58.6 Å². The van der Waals surface area contributed by atoms with E-state index in [1.807, 2.05) is 13.8 Å². The van der Waals surface area contributed by atoms with Gasteiger partial charge < -0.3 is 10.1 Å². The minimum absolute atomic E-state index is 0.139. The minimum Gasteiger partial charge on any atom is -0.497 e. The van der Waals surface area contributed by atoms with E-state index < -0.39 is 5.41 Å². The number of amides is 3. The van der Waals surface area contributed by atoms with Crippen molar-refractivity contribution in [2.45, 2.75) is 26.7 Å². The second-order valence-corrected chi connectivity index (χ2v) is 4.99. The molecule has 2 rings (SSSR count). The van der Waals surface area contributed by atoms with Gasteiger partial charge in [-0.3, -0.25) is 4.79 Å². The van der Waals surface area contributed by atoms with Crippen LogP contribution >= 0.6 is 0 Å². The summed E-state index contributed by atoms with van der Waals surface area (Å²) >= 11 is 0. The summed E-state index contributed by atoms with van der Waals surface area (Å²) in [5.41, 5.74) is 0.0228. The van der Waals surface area contributed by atoms with E-state index in [0.29, 0.717) is 30.8 Å². The van der Waals surface area contributed by atoms with Crippen molar-refractivity contribution < 1.29 is 14.3 Å². The number of ether oxygens (including phenoxy) is 1. The van der Waals surface area contributed by atoms with Crippen LogP contribution in [0.1, 0.15) is 26.7 Å². The fourth-order valence-electron chi connectivity index (χ4n) is 2.52. The highest BCUT2D eigenvalue weighted by molar-refractivity contribution is 6.18.